The largest absolute Gasteiger partial charge is 0.477 e. The lowest BCUT2D eigenvalue weighted by atomic mass is 10.2. The summed E-state index contributed by atoms with van der Waals surface area (Å²) in [5.74, 6) is -1.21. The smallest absolute Gasteiger partial charge is 0.341 e. The zero-order valence-corrected chi connectivity index (χ0v) is 9.90. The molecule has 0 saturated carbocycles. The first-order chi connectivity index (χ1) is 8.08. The Balaban J connectivity index is 2.44. The van der Waals surface area contributed by atoms with E-state index in [9.17, 15) is 9.59 Å². The van der Waals surface area contributed by atoms with Crippen molar-refractivity contribution < 1.29 is 9.90 Å². The van der Waals surface area contributed by atoms with E-state index >= 15 is 0 Å². The molecule has 0 spiro atoms. The lowest BCUT2D eigenvalue weighted by molar-refractivity contribution is 0.0694. The van der Waals surface area contributed by atoms with E-state index in [0.717, 1.165) is 5.69 Å². The summed E-state index contributed by atoms with van der Waals surface area (Å²) in [6, 6.07) is 1.33. The highest BCUT2D eigenvalue weighted by Gasteiger charge is 2.11. The first kappa shape index (κ1) is 11.5. The Morgan fingerprint density at radius 3 is 2.94 bits per heavy atom. The Morgan fingerprint density at radius 2 is 2.35 bits per heavy atom. The lowest BCUT2D eigenvalue weighted by Gasteiger charge is -2.09. The summed E-state index contributed by atoms with van der Waals surface area (Å²) in [6.45, 7) is 2.23. The molecule has 88 valence electrons. The molecule has 2 aromatic rings. The van der Waals surface area contributed by atoms with E-state index in [1.807, 2.05) is 5.38 Å². The topological polar surface area (TPSA) is 72.2 Å². The van der Waals surface area contributed by atoms with Gasteiger partial charge in [-0.15, -0.1) is 11.3 Å². The number of carboxylic acids is 1. The maximum atomic E-state index is 11.4. The zero-order valence-electron chi connectivity index (χ0n) is 9.08. The number of rotatable bonds is 3. The molecule has 17 heavy (non-hydrogen) atoms. The molecule has 0 saturated heterocycles. The van der Waals surface area contributed by atoms with Gasteiger partial charge in [-0.25, -0.2) is 9.78 Å². The van der Waals surface area contributed by atoms with Crippen molar-refractivity contribution in [2.45, 2.75) is 13.5 Å². The van der Waals surface area contributed by atoms with Gasteiger partial charge in [-0.3, -0.25) is 4.79 Å². The number of aromatic nitrogens is 2. The van der Waals surface area contributed by atoms with Crippen molar-refractivity contribution in [1.29, 1.82) is 0 Å². The van der Waals surface area contributed by atoms with Gasteiger partial charge in [0.25, 0.3) is 0 Å². The second-order valence-electron chi connectivity index (χ2n) is 3.61. The van der Waals surface area contributed by atoms with Crippen LogP contribution < -0.4 is 5.43 Å². The Morgan fingerprint density at radius 1 is 1.59 bits per heavy atom. The minimum Gasteiger partial charge on any atom is -0.477 e. The molecule has 6 heteroatoms. The van der Waals surface area contributed by atoms with Gasteiger partial charge >= 0.3 is 5.97 Å². The lowest BCUT2D eigenvalue weighted by Crippen LogP contribution is -2.19. The van der Waals surface area contributed by atoms with Crippen LogP contribution in [0.5, 0.6) is 0 Å². The van der Waals surface area contributed by atoms with Crippen LogP contribution in [0, 0.1) is 6.92 Å². The van der Waals surface area contributed by atoms with Gasteiger partial charge in [0.1, 0.15) is 5.56 Å². The van der Waals surface area contributed by atoms with E-state index in [1.165, 1.54) is 23.6 Å². The van der Waals surface area contributed by atoms with Crippen LogP contribution in [-0.4, -0.2) is 20.6 Å². The normalized spacial score (nSPS) is 10.4. The van der Waals surface area contributed by atoms with E-state index < -0.39 is 11.4 Å². The second kappa shape index (κ2) is 4.50. The van der Waals surface area contributed by atoms with Gasteiger partial charge in [-0.05, 0) is 6.92 Å². The van der Waals surface area contributed by atoms with Crippen LogP contribution in [-0.2, 0) is 6.54 Å². The highest BCUT2D eigenvalue weighted by molar-refractivity contribution is 7.07. The monoisotopic (exact) mass is 250 g/mol. The molecule has 2 aromatic heterocycles. The average Bonchev–Trinajstić information content (AvgIpc) is 2.74. The Kier molecular flexibility index (Phi) is 3.06. The third-order valence-electron chi connectivity index (χ3n) is 2.39. The van der Waals surface area contributed by atoms with Crippen molar-refractivity contribution in [2.75, 3.05) is 0 Å². The van der Waals surface area contributed by atoms with Crippen LogP contribution in [0.15, 0.2) is 27.9 Å². The molecule has 0 radical (unpaired) electrons. The fourth-order valence-corrected chi connectivity index (χ4v) is 2.04. The third-order valence-corrected chi connectivity index (χ3v) is 3.02. The van der Waals surface area contributed by atoms with E-state index in [0.29, 0.717) is 12.2 Å². The number of aryl methyl sites for hydroxylation is 1. The number of thiazole rings is 1. The predicted molar refractivity (Wildman–Crippen MR) is 63.6 cm³/mol. The molecule has 0 fully saturated rings. The molecule has 0 aliphatic heterocycles. The Bertz CT molecular complexity index is 602. The van der Waals surface area contributed by atoms with Crippen molar-refractivity contribution in [2.24, 2.45) is 0 Å². The van der Waals surface area contributed by atoms with Crippen LogP contribution in [0.4, 0.5) is 0 Å². The summed E-state index contributed by atoms with van der Waals surface area (Å²) >= 11 is 1.48. The Hall–Kier alpha value is -1.95. The number of pyridine rings is 1. The maximum Gasteiger partial charge on any atom is 0.341 e. The summed E-state index contributed by atoms with van der Waals surface area (Å²) < 4.78 is 1.71. The molecule has 0 aliphatic carbocycles. The predicted octanol–water partition coefficient (Wildman–Crippen LogP) is 1.36. The first-order valence-corrected chi connectivity index (χ1v) is 5.83. The summed E-state index contributed by atoms with van der Waals surface area (Å²) in [4.78, 5) is 26.4. The van der Waals surface area contributed by atoms with E-state index in [2.05, 4.69) is 4.98 Å². The molecular formula is C11H10N2O3S. The highest BCUT2D eigenvalue weighted by Crippen LogP contribution is 2.06. The molecule has 0 bridgehead atoms. The van der Waals surface area contributed by atoms with Gasteiger partial charge in [0.15, 0.2) is 5.43 Å². The molecular weight excluding hydrogens is 240 g/mol. The van der Waals surface area contributed by atoms with Gasteiger partial charge in [0, 0.05) is 23.3 Å². The van der Waals surface area contributed by atoms with Crippen molar-refractivity contribution in [1.82, 2.24) is 9.55 Å². The zero-order chi connectivity index (χ0) is 12.4. The second-order valence-corrected chi connectivity index (χ2v) is 4.32. The maximum absolute atomic E-state index is 11.4. The Labute approximate surface area is 101 Å². The molecule has 2 rings (SSSR count). The minimum absolute atomic E-state index is 0.217. The standard InChI is InChI=1S/C11H10N2O3S/c1-7-2-10(14)9(11(15)16)4-13(7)3-8-5-17-6-12-8/h2,4-6H,3H2,1H3,(H,15,16). The number of aromatic carboxylic acids is 1. The van der Waals surface area contributed by atoms with Crippen LogP contribution in [0.2, 0.25) is 0 Å². The van der Waals surface area contributed by atoms with E-state index in [-0.39, 0.29) is 5.56 Å². The van der Waals surface area contributed by atoms with Crippen molar-refractivity contribution in [3.63, 3.8) is 0 Å². The molecule has 0 aromatic carbocycles. The minimum atomic E-state index is -1.21. The fraction of sp³-hybridized carbons (Fsp3) is 0.182. The molecule has 0 aliphatic rings. The van der Waals surface area contributed by atoms with Gasteiger partial charge in [-0.2, -0.15) is 0 Å². The van der Waals surface area contributed by atoms with Crippen molar-refractivity contribution in [3.05, 3.63) is 50.3 Å². The highest BCUT2D eigenvalue weighted by atomic mass is 32.1. The van der Waals surface area contributed by atoms with Crippen LogP contribution in [0.3, 0.4) is 0 Å². The summed E-state index contributed by atoms with van der Waals surface area (Å²) in [7, 11) is 0. The third kappa shape index (κ3) is 2.42. The van der Waals surface area contributed by atoms with Gasteiger partial charge < -0.3 is 9.67 Å². The summed E-state index contributed by atoms with van der Waals surface area (Å²) in [6.07, 6.45) is 1.36. The van der Waals surface area contributed by atoms with Gasteiger partial charge in [0.05, 0.1) is 17.7 Å². The van der Waals surface area contributed by atoms with Gasteiger partial charge in [0.2, 0.25) is 0 Å². The molecule has 0 unspecified atom stereocenters. The first-order valence-electron chi connectivity index (χ1n) is 4.89. The van der Waals surface area contributed by atoms with Crippen molar-refractivity contribution >= 4 is 17.3 Å². The quantitative estimate of drug-likeness (QED) is 0.892. The molecule has 0 atom stereocenters. The van der Waals surface area contributed by atoms with E-state index in [4.69, 9.17) is 5.11 Å². The van der Waals surface area contributed by atoms with Crippen LogP contribution >= 0.6 is 11.3 Å². The van der Waals surface area contributed by atoms with Crippen LogP contribution in [0.25, 0.3) is 0 Å². The summed E-state index contributed by atoms with van der Waals surface area (Å²) in [5.41, 5.74) is 2.59. The SMILES string of the molecule is Cc1cc(=O)c(C(=O)O)cn1Cc1cscn1. The number of hydrogen-bond donors (Lipinski definition) is 1. The van der Waals surface area contributed by atoms with Crippen molar-refractivity contribution in [3.8, 4) is 0 Å². The summed E-state index contributed by atoms with van der Waals surface area (Å²) in [5, 5.41) is 10.8. The number of carboxylic acid groups (broad SMARTS) is 1. The molecule has 0 amide bonds. The van der Waals surface area contributed by atoms with E-state index in [1.54, 1.807) is 17.0 Å². The number of nitrogens with zero attached hydrogens (tertiary/aromatic N) is 2. The van der Waals surface area contributed by atoms with Crippen LogP contribution in [0.1, 0.15) is 21.7 Å². The molecule has 2 heterocycles. The fourth-order valence-electron chi connectivity index (χ4n) is 1.49. The average molecular weight is 250 g/mol. The van der Waals surface area contributed by atoms with Gasteiger partial charge in [-0.1, -0.05) is 0 Å². The number of hydrogen-bond acceptors (Lipinski definition) is 4. The molecule has 1 N–H and O–H groups in total. The molecule has 5 nitrogen and oxygen atoms in total. The number of carbonyl (C=O) groups is 1.